The second-order valence-electron chi connectivity index (χ2n) is 7.20. The van der Waals surface area contributed by atoms with Crippen molar-refractivity contribution in [3.8, 4) is 0 Å². The Labute approximate surface area is 162 Å². The molecule has 1 saturated heterocycles. The SMILES string of the molecule is CC(O)CN(CCN)Cc1ccc2c(c1)C(=O)N(C1CCC(=O)NC1=O)C2=O. The van der Waals surface area contributed by atoms with E-state index < -0.39 is 35.8 Å². The van der Waals surface area contributed by atoms with E-state index in [4.69, 9.17) is 5.73 Å². The van der Waals surface area contributed by atoms with E-state index in [1.807, 2.05) is 4.90 Å². The number of aliphatic hydroxyl groups excluding tert-OH is 1. The van der Waals surface area contributed by atoms with Crippen molar-refractivity contribution in [2.24, 2.45) is 5.73 Å². The number of hydrogen-bond donors (Lipinski definition) is 3. The predicted molar refractivity (Wildman–Crippen MR) is 99.1 cm³/mol. The van der Waals surface area contributed by atoms with Crippen LogP contribution in [0.1, 0.15) is 46.0 Å². The molecule has 4 N–H and O–H groups in total. The van der Waals surface area contributed by atoms with E-state index in [2.05, 4.69) is 5.32 Å². The van der Waals surface area contributed by atoms with Crippen LogP contribution in [0.2, 0.25) is 0 Å². The van der Waals surface area contributed by atoms with Gasteiger partial charge in [-0.3, -0.25) is 34.3 Å². The van der Waals surface area contributed by atoms with Crippen molar-refractivity contribution in [3.05, 3.63) is 34.9 Å². The quantitative estimate of drug-likeness (QED) is 0.522. The van der Waals surface area contributed by atoms with Crippen LogP contribution in [0.5, 0.6) is 0 Å². The summed E-state index contributed by atoms with van der Waals surface area (Å²) < 4.78 is 0. The Morgan fingerprint density at radius 3 is 2.61 bits per heavy atom. The number of benzene rings is 1. The smallest absolute Gasteiger partial charge is 0.262 e. The highest BCUT2D eigenvalue weighted by molar-refractivity contribution is 6.23. The van der Waals surface area contributed by atoms with Gasteiger partial charge in [-0.15, -0.1) is 0 Å². The zero-order chi connectivity index (χ0) is 20.4. The Balaban J connectivity index is 1.81. The summed E-state index contributed by atoms with van der Waals surface area (Å²) in [6.07, 6.45) is -0.309. The molecule has 2 aliphatic rings. The van der Waals surface area contributed by atoms with E-state index in [-0.39, 0.29) is 24.0 Å². The minimum atomic E-state index is -0.975. The molecule has 150 valence electrons. The Kier molecular flexibility index (Phi) is 5.87. The molecule has 2 aliphatic heterocycles. The average molecular weight is 388 g/mol. The highest BCUT2D eigenvalue weighted by atomic mass is 16.3. The third-order valence-electron chi connectivity index (χ3n) is 4.88. The topological polar surface area (TPSA) is 133 Å². The summed E-state index contributed by atoms with van der Waals surface area (Å²) in [5.41, 5.74) is 6.92. The van der Waals surface area contributed by atoms with Crippen molar-refractivity contribution >= 4 is 23.6 Å². The van der Waals surface area contributed by atoms with Gasteiger partial charge in [0.25, 0.3) is 11.8 Å². The molecule has 0 saturated carbocycles. The van der Waals surface area contributed by atoms with Crippen LogP contribution in [0.4, 0.5) is 0 Å². The first-order valence-corrected chi connectivity index (χ1v) is 9.26. The van der Waals surface area contributed by atoms with Gasteiger partial charge >= 0.3 is 0 Å². The van der Waals surface area contributed by atoms with Gasteiger partial charge in [-0.05, 0) is 31.0 Å². The van der Waals surface area contributed by atoms with Gasteiger partial charge in [-0.25, -0.2) is 0 Å². The Hall–Kier alpha value is -2.62. The van der Waals surface area contributed by atoms with Crippen LogP contribution in [0.15, 0.2) is 18.2 Å². The second-order valence-corrected chi connectivity index (χ2v) is 7.20. The average Bonchev–Trinajstić information content (AvgIpc) is 2.86. The zero-order valence-corrected chi connectivity index (χ0v) is 15.7. The van der Waals surface area contributed by atoms with Gasteiger partial charge in [0.15, 0.2) is 0 Å². The van der Waals surface area contributed by atoms with Gasteiger partial charge < -0.3 is 10.8 Å². The number of piperidine rings is 1. The molecule has 0 bridgehead atoms. The molecule has 1 aromatic carbocycles. The molecule has 1 aromatic rings. The number of amides is 4. The van der Waals surface area contributed by atoms with Crippen molar-refractivity contribution in [2.75, 3.05) is 19.6 Å². The van der Waals surface area contributed by atoms with E-state index >= 15 is 0 Å². The molecule has 9 heteroatoms. The summed E-state index contributed by atoms with van der Waals surface area (Å²) in [5, 5.41) is 11.8. The summed E-state index contributed by atoms with van der Waals surface area (Å²) in [5.74, 6) is -2.09. The lowest BCUT2D eigenvalue weighted by Crippen LogP contribution is -2.54. The molecule has 28 heavy (non-hydrogen) atoms. The van der Waals surface area contributed by atoms with Crippen molar-refractivity contribution in [2.45, 2.75) is 38.5 Å². The minimum Gasteiger partial charge on any atom is -0.392 e. The second kappa shape index (κ2) is 8.17. The zero-order valence-electron chi connectivity index (χ0n) is 15.7. The first-order chi connectivity index (χ1) is 13.3. The van der Waals surface area contributed by atoms with E-state index in [1.165, 1.54) is 0 Å². The van der Waals surface area contributed by atoms with Gasteiger partial charge in [-0.2, -0.15) is 0 Å². The normalized spacial score (nSPS) is 20.6. The van der Waals surface area contributed by atoms with Gasteiger partial charge in [0.2, 0.25) is 11.8 Å². The summed E-state index contributed by atoms with van der Waals surface area (Å²) in [4.78, 5) is 51.9. The van der Waals surface area contributed by atoms with Crippen LogP contribution in [0.25, 0.3) is 0 Å². The number of nitrogens with two attached hydrogens (primary N) is 1. The number of fused-ring (bicyclic) bond motifs is 1. The van der Waals surface area contributed by atoms with E-state index in [1.54, 1.807) is 25.1 Å². The number of nitrogens with zero attached hydrogens (tertiary/aromatic N) is 2. The molecule has 2 unspecified atom stereocenters. The standard InChI is InChI=1S/C19H24N4O5/c1-11(24)9-22(7-6-20)10-12-2-3-13-14(8-12)19(28)23(18(13)27)15-4-5-16(25)21-17(15)26/h2-3,8,11,15,24H,4-7,9-10,20H2,1H3,(H,21,25,26). The van der Waals surface area contributed by atoms with Crippen molar-refractivity contribution in [3.63, 3.8) is 0 Å². The van der Waals surface area contributed by atoms with Gasteiger partial charge in [0.05, 0.1) is 17.2 Å². The van der Waals surface area contributed by atoms with E-state index in [0.29, 0.717) is 26.2 Å². The predicted octanol–water partition coefficient (Wildman–Crippen LogP) is -0.771. The lowest BCUT2D eigenvalue weighted by Gasteiger charge is -2.27. The number of carbonyl (C=O) groups excluding carboxylic acids is 4. The number of hydrogen-bond acceptors (Lipinski definition) is 7. The first-order valence-electron chi connectivity index (χ1n) is 9.26. The Morgan fingerprint density at radius 1 is 1.25 bits per heavy atom. The molecular weight excluding hydrogens is 364 g/mol. The van der Waals surface area contributed by atoms with Gasteiger partial charge in [-0.1, -0.05) is 6.07 Å². The summed E-state index contributed by atoms with van der Waals surface area (Å²) in [6.45, 7) is 3.60. The van der Waals surface area contributed by atoms with Gasteiger partial charge in [0.1, 0.15) is 6.04 Å². The largest absolute Gasteiger partial charge is 0.392 e. The third-order valence-corrected chi connectivity index (χ3v) is 4.88. The van der Waals surface area contributed by atoms with Crippen LogP contribution < -0.4 is 11.1 Å². The van der Waals surface area contributed by atoms with Crippen LogP contribution in [0, 0.1) is 0 Å². The number of imide groups is 2. The fourth-order valence-corrected chi connectivity index (χ4v) is 3.67. The monoisotopic (exact) mass is 388 g/mol. The Bertz CT molecular complexity index is 823. The molecule has 0 spiro atoms. The molecule has 1 fully saturated rings. The third kappa shape index (κ3) is 3.96. The maximum atomic E-state index is 12.8. The fraction of sp³-hybridized carbons (Fsp3) is 0.474. The van der Waals surface area contributed by atoms with Crippen molar-refractivity contribution in [1.82, 2.24) is 15.1 Å². The molecule has 0 radical (unpaired) electrons. The molecule has 0 aliphatic carbocycles. The molecule has 2 heterocycles. The molecule has 4 amide bonds. The highest BCUT2D eigenvalue weighted by Gasteiger charge is 2.44. The molecule has 2 atom stereocenters. The molecule has 3 rings (SSSR count). The van der Waals surface area contributed by atoms with Crippen molar-refractivity contribution < 1.29 is 24.3 Å². The van der Waals surface area contributed by atoms with Crippen molar-refractivity contribution in [1.29, 1.82) is 0 Å². The molecule has 0 aromatic heterocycles. The fourth-order valence-electron chi connectivity index (χ4n) is 3.67. The number of rotatable bonds is 7. The lowest BCUT2D eigenvalue weighted by molar-refractivity contribution is -0.136. The van der Waals surface area contributed by atoms with Crippen LogP contribution >= 0.6 is 0 Å². The van der Waals surface area contributed by atoms with Gasteiger partial charge in [0, 0.05) is 32.6 Å². The maximum absolute atomic E-state index is 12.8. The van der Waals surface area contributed by atoms with E-state index in [0.717, 1.165) is 10.5 Å². The summed E-state index contributed by atoms with van der Waals surface area (Å²) in [6, 6.07) is 4.01. The maximum Gasteiger partial charge on any atom is 0.262 e. The number of aliphatic hydroxyl groups is 1. The number of carbonyl (C=O) groups is 4. The molecular formula is C19H24N4O5. The lowest BCUT2D eigenvalue weighted by atomic mass is 10.0. The van der Waals surface area contributed by atoms with Crippen LogP contribution in [0.3, 0.4) is 0 Å². The molecule has 9 nitrogen and oxygen atoms in total. The minimum absolute atomic E-state index is 0.0858. The first kappa shape index (κ1) is 20.1. The Morgan fingerprint density at radius 2 is 1.96 bits per heavy atom. The summed E-state index contributed by atoms with van der Waals surface area (Å²) in [7, 11) is 0. The summed E-state index contributed by atoms with van der Waals surface area (Å²) >= 11 is 0. The number of nitrogens with one attached hydrogen (secondary N) is 1. The van der Waals surface area contributed by atoms with E-state index in [9.17, 15) is 24.3 Å². The van der Waals surface area contributed by atoms with Crippen LogP contribution in [-0.4, -0.2) is 70.3 Å². The highest BCUT2D eigenvalue weighted by Crippen LogP contribution is 2.28. The van der Waals surface area contributed by atoms with Crippen LogP contribution in [-0.2, 0) is 16.1 Å².